The lowest BCUT2D eigenvalue weighted by Gasteiger charge is -2.16. The predicted molar refractivity (Wildman–Crippen MR) is 98.3 cm³/mol. The summed E-state index contributed by atoms with van der Waals surface area (Å²) in [6.45, 7) is 10.4. The molecule has 0 saturated heterocycles. The smallest absolute Gasteiger partial charge is 0.131 e. The van der Waals surface area contributed by atoms with Crippen LogP contribution in [0.25, 0.3) is 22.7 Å². The van der Waals surface area contributed by atoms with Crippen LogP contribution in [0.2, 0.25) is 0 Å². The molecule has 3 aromatic rings. The fourth-order valence-corrected chi connectivity index (χ4v) is 3.32. The van der Waals surface area contributed by atoms with Crippen molar-refractivity contribution in [2.45, 2.75) is 26.7 Å². The van der Waals surface area contributed by atoms with Crippen LogP contribution in [0.5, 0.6) is 5.75 Å². The van der Waals surface area contributed by atoms with E-state index in [1.54, 1.807) is 19.2 Å². The van der Waals surface area contributed by atoms with Crippen LogP contribution >= 0.6 is 0 Å². The summed E-state index contributed by atoms with van der Waals surface area (Å²) in [6.07, 6.45) is 3.88. The van der Waals surface area contributed by atoms with E-state index in [4.69, 9.17) is 4.74 Å². The number of pyridine rings is 1. The van der Waals surface area contributed by atoms with Gasteiger partial charge in [-0.1, -0.05) is 26.5 Å². The maximum absolute atomic E-state index is 14.3. The van der Waals surface area contributed by atoms with Gasteiger partial charge in [0.1, 0.15) is 11.6 Å². The molecule has 2 aromatic heterocycles. The molecule has 0 unspecified atom stereocenters. The van der Waals surface area contributed by atoms with Gasteiger partial charge in [-0.2, -0.15) is 0 Å². The summed E-state index contributed by atoms with van der Waals surface area (Å²) in [6, 6.07) is 8.92. The molecule has 1 aromatic carbocycles. The standard InChI is InChI=1S/C21H22FNO/c1-6-15-9-17-10-16(12-23(17)21(13(2)3)14(15)4)19-11-18(24-5)7-8-20(19)22/h6-13H,1H2,2-5H3. The number of hydrogen-bond donors (Lipinski definition) is 0. The lowest BCUT2D eigenvalue weighted by atomic mass is 9.99. The van der Waals surface area contributed by atoms with E-state index in [2.05, 4.69) is 37.8 Å². The summed E-state index contributed by atoms with van der Waals surface area (Å²) in [5.74, 6) is 0.745. The van der Waals surface area contributed by atoms with Gasteiger partial charge in [0.2, 0.25) is 0 Å². The molecule has 0 N–H and O–H groups in total. The van der Waals surface area contributed by atoms with Gasteiger partial charge >= 0.3 is 0 Å². The molecule has 24 heavy (non-hydrogen) atoms. The zero-order valence-electron chi connectivity index (χ0n) is 14.6. The molecule has 0 saturated carbocycles. The number of fused-ring (bicyclic) bond motifs is 1. The lowest BCUT2D eigenvalue weighted by molar-refractivity contribution is 0.414. The van der Waals surface area contributed by atoms with Crippen molar-refractivity contribution >= 4 is 11.6 Å². The fraction of sp³-hybridized carbons (Fsp3) is 0.238. The van der Waals surface area contributed by atoms with Gasteiger partial charge in [-0.05, 0) is 54.3 Å². The van der Waals surface area contributed by atoms with E-state index in [9.17, 15) is 4.39 Å². The van der Waals surface area contributed by atoms with Crippen LogP contribution in [0, 0.1) is 12.7 Å². The van der Waals surface area contributed by atoms with E-state index < -0.39 is 0 Å². The van der Waals surface area contributed by atoms with E-state index in [0.29, 0.717) is 17.2 Å². The second kappa shape index (κ2) is 6.16. The maximum atomic E-state index is 14.3. The first-order valence-electron chi connectivity index (χ1n) is 8.08. The highest BCUT2D eigenvalue weighted by Crippen LogP contribution is 2.32. The van der Waals surface area contributed by atoms with E-state index in [1.165, 1.54) is 17.3 Å². The molecule has 0 aliphatic heterocycles. The number of nitrogens with zero attached hydrogens (tertiary/aromatic N) is 1. The Morgan fingerprint density at radius 1 is 1.21 bits per heavy atom. The van der Waals surface area contributed by atoms with Crippen LogP contribution in [0.4, 0.5) is 4.39 Å². The molecule has 0 amide bonds. The van der Waals surface area contributed by atoms with E-state index in [0.717, 1.165) is 16.6 Å². The van der Waals surface area contributed by atoms with Crippen LogP contribution in [0.1, 0.15) is 36.6 Å². The molecule has 3 rings (SSSR count). The molecule has 0 aliphatic rings. The average Bonchev–Trinajstić information content (AvgIpc) is 2.97. The third kappa shape index (κ3) is 2.60. The molecule has 3 heteroatoms. The van der Waals surface area contributed by atoms with Gasteiger partial charge in [-0.3, -0.25) is 0 Å². The molecular formula is C21H22FNO. The maximum Gasteiger partial charge on any atom is 0.131 e. The monoisotopic (exact) mass is 323 g/mol. The molecule has 0 radical (unpaired) electrons. The second-order valence-electron chi connectivity index (χ2n) is 6.34. The topological polar surface area (TPSA) is 13.6 Å². The van der Waals surface area contributed by atoms with Crippen molar-refractivity contribution < 1.29 is 9.13 Å². The van der Waals surface area contributed by atoms with Crippen LogP contribution in [-0.2, 0) is 0 Å². The minimum absolute atomic E-state index is 0.251. The Bertz CT molecular complexity index is 921. The number of halogens is 1. The Balaban J connectivity index is 2.29. The summed E-state index contributed by atoms with van der Waals surface area (Å²) in [5.41, 5.74) is 5.97. The molecule has 124 valence electrons. The normalized spacial score (nSPS) is 11.2. The van der Waals surface area contributed by atoms with Crippen LogP contribution in [-0.4, -0.2) is 11.5 Å². The molecule has 0 bridgehead atoms. The second-order valence-corrected chi connectivity index (χ2v) is 6.34. The number of rotatable bonds is 4. The SMILES string of the molecule is C=Cc1cc2cc(-c3cc(OC)ccc3F)cn2c(C(C)C)c1C. The van der Waals surface area contributed by atoms with Crippen molar-refractivity contribution in [3.63, 3.8) is 0 Å². The van der Waals surface area contributed by atoms with Gasteiger partial charge in [0, 0.05) is 28.5 Å². The number of methoxy groups -OCH3 is 1. The Morgan fingerprint density at radius 2 is 1.96 bits per heavy atom. The lowest BCUT2D eigenvalue weighted by Crippen LogP contribution is -2.03. The number of hydrogen-bond acceptors (Lipinski definition) is 1. The highest BCUT2D eigenvalue weighted by Gasteiger charge is 2.15. The van der Waals surface area contributed by atoms with Gasteiger partial charge in [-0.25, -0.2) is 4.39 Å². The van der Waals surface area contributed by atoms with E-state index in [1.807, 2.05) is 18.3 Å². The minimum atomic E-state index is -0.251. The van der Waals surface area contributed by atoms with Gasteiger partial charge in [0.05, 0.1) is 7.11 Å². The fourth-order valence-electron chi connectivity index (χ4n) is 3.32. The number of ether oxygens (including phenoxy) is 1. The van der Waals surface area contributed by atoms with E-state index >= 15 is 0 Å². The Labute approximate surface area is 142 Å². The first-order valence-corrected chi connectivity index (χ1v) is 8.08. The van der Waals surface area contributed by atoms with Crippen molar-refractivity contribution in [3.05, 3.63) is 65.7 Å². The number of aromatic nitrogens is 1. The first-order chi connectivity index (χ1) is 11.5. The molecule has 2 heterocycles. The Hall–Kier alpha value is -2.55. The summed E-state index contributed by atoms with van der Waals surface area (Å²) < 4.78 is 21.7. The van der Waals surface area contributed by atoms with Crippen LogP contribution in [0.3, 0.4) is 0 Å². The zero-order valence-corrected chi connectivity index (χ0v) is 14.6. The molecule has 0 spiro atoms. The summed E-state index contributed by atoms with van der Waals surface area (Å²) in [4.78, 5) is 0. The van der Waals surface area contributed by atoms with Crippen molar-refractivity contribution in [2.24, 2.45) is 0 Å². The molecule has 0 atom stereocenters. The largest absolute Gasteiger partial charge is 0.497 e. The Kier molecular flexibility index (Phi) is 4.18. The highest BCUT2D eigenvalue weighted by molar-refractivity contribution is 5.74. The van der Waals surface area contributed by atoms with Crippen molar-refractivity contribution in [1.29, 1.82) is 0 Å². The van der Waals surface area contributed by atoms with Gasteiger partial charge in [-0.15, -0.1) is 0 Å². The van der Waals surface area contributed by atoms with Crippen molar-refractivity contribution in [2.75, 3.05) is 7.11 Å². The van der Waals surface area contributed by atoms with E-state index in [-0.39, 0.29) is 5.82 Å². The average molecular weight is 323 g/mol. The Morgan fingerprint density at radius 3 is 2.58 bits per heavy atom. The van der Waals surface area contributed by atoms with Crippen LogP contribution < -0.4 is 4.74 Å². The third-order valence-corrected chi connectivity index (χ3v) is 4.48. The quantitative estimate of drug-likeness (QED) is 0.589. The van der Waals surface area contributed by atoms with Gasteiger partial charge in [0.25, 0.3) is 0 Å². The molecule has 0 aliphatic carbocycles. The molecular weight excluding hydrogens is 301 g/mol. The number of benzene rings is 1. The van der Waals surface area contributed by atoms with Gasteiger partial charge < -0.3 is 9.14 Å². The molecule has 2 nitrogen and oxygen atoms in total. The molecule has 0 fully saturated rings. The minimum Gasteiger partial charge on any atom is -0.497 e. The van der Waals surface area contributed by atoms with Crippen LogP contribution in [0.15, 0.2) is 43.1 Å². The zero-order chi connectivity index (χ0) is 17.4. The first kappa shape index (κ1) is 16.3. The summed E-state index contributed by atoms with van der Waals surface area (Å²) >= 11 is 0. The summed E-state index contributed by atoms with van der Waals surface area (Å²) in [7, 11) is 1.59. The highest BCUT2D eigenvalue weighted by atomic mass is 19.1. The third-order valence-electron chi connectivity index (χ3n) is 4.48. The summed E-state index contributed by atoms with van der Waals surface area (Å²) in [5, 5.41) is 0. The van der Waals surface area contributed by atoms with Crippen molar-refractivity contribution in [3.8, 4) is 16.9 Å². The van der Waals surface area contributed by atoms with Gasteiger partial charge in [0.15, 0.2) is 0 Å². The van der Waals surface area contributed by atoms with Crippen molar-refractivity contribution in [1.82, 2.24) is 4.40 Å². The predicted octanol–water partition coefficient (Wildman–Crippen LogP) is 5.83.